The first kappa shape index (κ1) is 5.59. The maximum Gasteiger partial charge on any atom is 0.297 e. The smallest absolute Gasteiger partial charge is 0.297 e. The number of fused-ring (bicyclic) bond motifs is 1. The molecular weight excluding hydrogens is 128 g/mol. The van der Waals surface area contributed by atoms with Crippen molar-refractivity contribution in [2.45, 2.75) is 13.3 Å². The summed E-state index contributed by atoms with van der Waals surface area (Å²) in [5.41, 5.74) is 0. The van der Waals surface area contributed by atoms with Gasteiger partial charge >= 0.3 is 0 Å². The number of hydrogen-bond acceptors (Lipinski definition) is 2. The van der Waals surface area contributed by atoms with Gasteiger partial charge in [-0.15, -0.1) is 0 Å². The lowest BCUT2D eigenvalue weighted by Gasteiger charge is -1.81. The molecule has 0 aliphatic rings. The lowest BCUT2D eigenvalue weighted by molar-refractivity contribution is 0.453. The first-order chi connectivity index (χ1) is 4.90. The van der Waals surface area contributed by atoms with Crippen molar-refractivity contribution in [3.8, 4) is 0 Å². The molecule has 0 radical (unpaired) electrons. The molecule has 0 fully saturated rings. The Bertz CT molecular complexity index is 301. The standard InChI is InChI=1S/C8H8O2/c1-2-7-5-6-3-4-9-8(6)10-7/h3-5H,2H2,1H3. The van der Waals surface area contributed by atoms with E-state index in [-0.39, 0.29) is 0 Å². The molecule has 0 saturated carbocycles. The quantitative estimate of drug-likeness (QED) is 0.602. The van der Waals surface area contributed by atoms with Gasteiger partial charge < -0.3 is 8.83 Å². The van der Waals surface area contributed by atoms with Crippen LogP contribution in [0, 0.1) is 0 Å². The molecule has 0 aliphatic carbocycles. The normalized spacial score (nSPS) is 10.9. The number of rotatable bonds is 1. The van der Waals surface area contributed by atoms with E-state index in [1.54, 1.807) is 6.26 Å². The molecule has 0 aliphatic heterocycles. The molecule has 2 aromatic rings. The molecule has 0 amide bonds. The lowest BCUT2D eigenvalue weighted by atomic mass is 10.3. The summed E-state index contributed by atoms with van der Waals surface area (Å²) in [6, 6.07) is 3.90. The molecule has 0 atom stereocenters. The Kier molecular flexibility index (Phi) is 1.07. The van der Waals surface area contributed by atoms with Crippen molar-refractivity contribution >= 4 is 11.2 Å². The van der Waals surface area contributed by atoms with Gasteiger partial charge in [-0.3, -0.25) is 0 Å². The average molecular weight is 136 g/mol. The Hall–Kier alpha value is -1.18. The van der Waals surface area contributed by atoms with Crippen LogP contribution in [0.3, 0.4) is 0 Å². The summed E-state index contributed by atoms with van der Waals surface area (Å²) < 4.78 is 10.3. The minimum Gasteiger partial charge on any atom is -0.433 e. The van der Waals surface area contributed by atoms with Crippen molar-refractivity contribution < 1.29 is 8.83 Å². The highest BCUT2D eigenvalue weighted by Crippen LogP contribution is 2.19. The molecule has 0 unspecified atom stereocenters. The predicted octanol–water partition coefficient (Wildman–Crippen LogP) is 2.59. The van der Waals surface area contributed by atoms with Crippen LogP contribution in [-0.2, 0) is 6.42 Å². The van der Waals surface area contributed by atoms with Crippen molar-refractivity contribution in [2.75, 3.05) is 0 Å². The van der Waals surface area contributed by atoms with Crippen molar-refractivity contribution in [3.63, 3.8) is 0 Å². The molecule has 10 heavy (non-hydrogen) atoms. The SMILES string of the molecule is CCc1cc2ccoc2o1. The van der Waals surface area contributed by atoms with Crippen LogP contribution in [-0.4, -0.2) is 0 Å². The third-order valence-electron chi connectivity index (χ3n) is 1.55. The molecular formula is C8H8O2. The molecule has 2 nitrogen and oxygen atoms in total. The zero-order chi connectivity index (χ0) is 6.97. The number of hydrogen-bond donors (Lipinski definition) is 0. The molecule has 52 valence electrons. The van der Waals surface area contributed by atoms with Crippen LogP contribution in [0.4, 0.5) is 0 Å². The minimum absolute atomic E-state index is 0.636. The highest BCUT2D eigenvalue weighted by Gasteiger charge is 2.02. The van der Waals surface area contributed by atoms with Gasteiger partial charge in [0.1, 0.15) is 5.76 Å². The average Bonchev–Trinajstić information content (AvgIpc) is 2.42. The second-order valence-corrected chi connectivity index (χ2v) is 2.23. The number of furan rings is 2. The van der Waals surface area contributed by atoms with E-state index < -0.39 is 0 Å². The lowest BCUT2D eigenvalue weighted by Crippen LogP contribution is -1.67. The maximum absolute atomic E-state index is 5.29. The Morgan fingerprint density at radius 3 is 3.10 bits per heavy atom. The van der Waals surface area contributed by atoms with Gasteiger partial charge in [-0.1, -0.05) is 6.92 Å². The largest absolute Gasteiger partial charge is 0.433 e. The van der Waals surface area contributed by atoms with Gasteiger partial charge in [-0.25, -0.2) is 0 Å². The molecule has 0 N–H and O–H groups in total. The molecule has 0 saturated heterocycles. The van der Waals surface area contributed by atoms with E-state index in [1.165, 1.54) is 0 Å². The van der Waals surface area contributed by atoms with E-state index in [0.29, 0.717) is 5.78 Å². The summed E-state index contributed by atoms with van der Waals surface area (Å²) in [6.45, 7) is 2.05. The zero-order valence-electron chi connectivity index (χ0n) is 5.76. The summed E-state index contributed by atoms with van der Waals surface area (Å²) in [5.74, 6) is 1.62. The van der Waals surface area contributed by atoms with Gasteiger partial charge in [0, 0.05) is 6.42 Å². The Balaban J connectivity index is 2.67. The van der Waals surface area contributed by atoms with Crippen LogP contribution in [0.25, 0.3) is 11.2 Å². The van der Waals surface area contributed by atoms with Crippen LogP contribution >= 0.6 is 0 Å². The van der Waals surface area contributed by atoms with Gasteiger partial charge in [0.2, 0.25) is 0 Å². The first-order valence-corrected chi connectivity index (χ1v) is 3.36. The predicted molar refractivity (Wildman–Crippen MR) is 37.9 cm³/mol. The van der Waals surface area contributed by atoms with Crippen molar-refractivity contribution in [3.05, 3.63) is 24.2 Å². The summed E-state index contributed by atoms with van der Waals surface area (Å²) in [7, 11) is 0. The minimum atomic E-state index is 0.636. The fourth-order valence-electron chi connectivity index (χ4n) is 0.991. The highest BCUT2D eigenvalue weighted by atomic mass is 16.5. The van der Waals surface area contributed by atoms with Crippen molar-refractivity contribution in [1.29, 1.82) is 0 Å². The Labute approximate surface area is 58.4 Å². The fraction of sp³-hybridized carbons (Fsp3) is 0.250. The summed E-state index contributed by atoms with van der Waals surface area (Å²) >= 11 is 0. The van der Waals surface area contributed by atoms with E-state index in [0.717, 1.165) is 17.6 Å². The Morgan fingerprint density at radius 2 is 2.40 bits per heavy atom. The van der Waals surface area contributed by atoms with E-state index in [1.807, 2.05) is 12.1 Å². The summed E-state index contributed by atoms with van der Waals surface area (Å²) in [6.07, 6.45) is 2.55. The fourth-order valence-corrected chi connectivity index (χ4v) is 0.991. The molecule has 2 heterocycles. The van der Waals surface area contributed by atoms with Crippen molar-refractivity contribution in [1.82, 2.24) is 0 Å². The van der Waals surface area contributed by atoms with Crippen LogP contribution < -0.4 is 0 Å². The maximum atomic E-state index is 5.29. The highest BCUT2D eigenvalue weighted by molar-refractivity contribution is 5.72. The van der Waals surface area contributed by atoms with Gasteiger partial charge in [-0.2, -0.15) is 0 Å². The zero-order valence-corrected chi connectivity index (χ0v) is 5.76. The Morgan fingerprint density at radius 1 is 1.50 bits per heavy atom. The monoisotopic (exact) mass is 136 g/mol. The van der Waals surface area contributed by atoms with Crippen molar-refractivity contribution in [2.24, 2.45) is 0 Å². The van der Waals surface area contributed by atoms with Crippen LogP contribution in [0.1, 0.15) is 12.7 Å². The van der Waals surface area contributed by atoms with E-state index in [2.05, 4.69) is 6.92 Å². The topological polar surface area (TPSA) is 26.3 Å². The first-order valence-electron chi connectivity index (χ1n) is 3.36. The summed E-state index contributed by atoms with van der Waals surface area (Å²) in [4.78, 5) is 0. The third-order valence-corrected chi connectivity index (χ3v) is 1.55. The van der Waals surface area contributed by atoms with Crippen LogP contribution in [0.2, 0.25) is 0 Å². The summed E-state index contributed by atoms with van der Waals surface area (Å²) in [5, 5.41) is 1.05. The van der Waals surface area contributed by atoms with Gasteiger partial charge in [0.15, 0.2) is 0 Å². The van der Waals surface area contributed by atoms with E-state index in [4.69, 9.17) is 8.83 Å². The molecule has 0 aromatic carbocycles. The van der Waals surface area contributed by atoms with Gasteiger partial charge in [-0.05, 0) is 12.1 Å². The second kappa shape index (κ2) is 1.90. The van der Waals surface area contributed by atoms with Crippen LogP contribution in [0.5, 0.6) is 0 Å². The van der Waals surface area contributed by atoms with Gasteiger partial charge in [0.05, 0.1) is 11.6 Å². The van der Waals surface area contributed by atoms with Gasteiger partial charge in [0.25, 0.3) is 5.78 Å². The third kappa shape index (κ3) is 0.652. The molecule has 2 rings (SSSR count). The molecule has 0 spiro atoms. The van der Waals surface area contributed by atoms with E-state index >= 15 is 0 Å². The molecule has 2 heteroatoms. The molecule has 2 aromatic heterocycles. The number of aryl methyl sites for hydroxylation is 1. The molecule has 0 bridgehead atoms. The van der Waals surface area contributed by atoms with Crippen LogP contribution in [0.15, 0.2) is 27.2 Å². The second-order valence-electron chi connectivity index (χ2n) is 2.23. The van der Waals surface area contributed by atoms with E-state index in [9.17, 15) is 0 Å².